The van der Waals surface area contributed by atoms with Gasteiger partial charge in [-0.3, -0.25) is 4.79 Å². The zero-order valence-corrected chi connectivity index (χ0v) is 19.3. The molecule has 3 aromatic heterocycles. The fourth-order valence-corrected chi connectivity index (χ4v) is 5.11. The number of aromatic nitrogens is 4. The van der Waals surface area contributed by atoms with Gasteiger partial charge in [-0.15, -0.1) is 11.3 Å². The summed E-state index contributed by atoms with van der Waals surface area (Å²) in [6.07, 6.45) is 5.32. The van der Waals surface area contributed by atoms with E-state index in [-0.39, 0.29) is 11.8 Å². The molecule has 0 aliphatic carbocycles. The number of para-hydroxylation sites is 1. The zero-order chi connectivity index (χ0) is 22.8. The standard InChI is InChI=1S/C25H20ClN5OS/c1-15-22(33-25(31-15)23-27-11-6-12-28-23)24(32)30-14-18(16-7-2-4-9-20(16)26)19-13-29-21-10-5-3-8-17(19)21/h2-13,18,29H,14H2,1H3,(H,30,32). The van der Waals surface area contributed by atoms with Gasteiger partial charge in [0.25, 0.3) is 5.91 Å². The van der Waals surface area contributed by atoms with Crippen molar-refractivity contribution in [3.8, 4) is 10.8 Å². The highest BCUT2D eigenvalue weighted by molar-refractivity contribution is 7.17. The Kier molecular flexibility index (Phi) is 5.90. The number of hydrogen-bond donors (Lipinski definition) is 2. The number of benzene rings is 2. The highest BCUT2D eigenvalue weighted by Gasteiger charge is 2.23. The predicted molar refractivity (Wildman–Crippen MR) is 132 cm³/mol. The van der Waals surface area contributed by atoms with Crippen molar-refractivity contribution in [1.82, 2.24) is 25.3 Å². The Labute approximate surface area is 199 Å². The quantitative estimate of drug-likeness (QED) is 0.336. The number of halogens is 1. The van der Waals surface area contributed by atoms with Gasteiger partial charge in [0.2, 0.25) is 0 Å². The van der Waals surface area contributed by atoms with E-state index in [1.54, 1.807) is 18.5 Å². The average Bonchev–Trinajstić information content (AvgIpc) is 3.45. The minimum absolute atomic E-state index is 0.121. The normalized spacial score (nSPS) is 12.1. The molecule has 2 N–H and O–H groups in total. The van der Waals surface area contributed by atoms with Gasteiger partial charge >= 0.3 is 0 Å². The monoisotopic (exact) mass is 473 g/mol. The molecule has 8 heteroatoms. The van der Waals surface area contributed by atoms with Gasteiger partial charge in [0, 0.05) is 47.0 Å². The van der Waals surface area contributed by atoms with Crippen LogP contribution in [0, 0.1) is 6.92 Å². The van der Waals surface area contributed by atoms with Gasteiger partial charge in [-0.05, 0) is 36.2 Å². The van der Waals surface area contributed by atoms with E-state index in [1.165, 1.54) is 11.3 Å². The van der Waals surface area contributed by atoms with E-state index in [2.05, 4.69) is 31.3 Å². The highest BCUT2D eigenvalue weighted by atomic mass is 35.5. The second-order valence-corrected chi connectivity index (χ2v) is 8.99. The van der Waals surface area contributed by atoms with E-state index in [0.717, 1.165) is 22.0 Å². The Balaban J connectivity index is 1.44. The van der Waals surface area contributed by atoms with Crippen LogP contribution < -0.4 is 5.32 Å². The summed E-state index contributed by atoms with van der Waals surface area (Å²) in [7, 11) is 0. The van der Waals surface area contributed by atoms with Gasteiger partial charge in [0.15, 0.2) is 10.8 Å². The highest BCUT2D eigenvalue weighted by Crippen LogP contribution is 2.34. The third-order valence-corrected chi connectivity index (χ3v) is 7.00. The first-order chi connectivity index (χ1) is 16.1. The Hall–Kier alpha value is -3.55. The van der Waals surface area contributed by atoms with Gasteiger partial charge in [0.1, 0.15) is 4.88 Å². The number of thiazole rings is 1. The molecular weight excluding hydrogens is 454 g/mol. The lowest BCUT2D eigenvalue weighted by Gasteiger charge is -2.19. The number of nitrogens with zero attached hydrogens (tertiary/aromatic N) is 3. The number of carbonyl (C=O) groups excluding carboxylic acids is 1. The minimum atomic E-state index is -0.177. The van der Waals surface area contributed by atoms with E-state index in [1.807, 2.05) is 55.6 Å². The fourth-order valence-electron chi connectivity index (χ4n) is 3.91. The van der Waals surface area contributed by atoms with Crippen molar-refractivity contribution in [2.24, 2.45) is 0 Å². The Morgan fingerprint density at radius 3 is 2.64 bits per heavy atom. The number of hydrogen-bond acceptors (Lipinski definition) is 5. The molecule has 0 spiro atoms. The number of rotatable bonds is 6. The molecule has 6 nitrogen and oxygen atoms in total. The molecule has 0 radical (unpaired) electrons. The molecule has 2 aromatic carbocycles. The minimum Gasteiger partial charge on any atom is -0.361 e. The van der Waals surface area contributed by atoms with Crippen molar-refractivity contribution in [1.29, 1.82) is 0 Å². The molecule has 1 amide bonds. The summed E-state index contributed by atoms with van der Waals surface area (Å²) < 4.78 is 0. The average molecular weight is 474 g/mol. The molecule has 1 atom stereocenters. The van der Waals surface area contributed by atoms with Crippen LogP contribution >= 0.6 is 22.9 Å². The maximum atomic E-state index is 13.1. The summed E-state index contributed by atoms with van der Waals surface area (Å²) in [6.45, 7) is 2.21. The first-order valence-corrected chi connectivity index (χ1v) is 11.6. The largest absolute Gasteiger partial charge is 0.361 e. The molecule has 0 bridgehead atoms. The maximum Gasteiger partial charge on any atom is 0.263 e. The first-order valence-electron chi connectivity index (χ1n) is 10.5. The topological polar surface area (TPSA) is 83.6 Å². The van der Waals surface area contributed by atoms with E-state index in [9.17, 15) is 4.79 Å². The summed E-state index contributed by atoms with van der Waals surface area (Å²) in [5.74, 6) is 0.213. The number of aromatic amines is 1. The molecule has 33 heavy (non-hydrogen) atoms. The lowest BCUT2D eigenvalue weighted by Crippen LogP contribution is -2.29. The molecule has 0 saturated heterocycles. The van der Waals surface area contributed by atoms with Crippen LogP contribution in [0.2, 0.25) is 5.02 Å². The maximum absolute atomic E-state index is 13.1. The molecule has 3 heterocycles. The molecular formula is C25H20ClN5OS. The fraction of sp³-hybridized carbons (Fsp3) is 0.120. The van der Waals surface area contributed by atoms with Crippen LogP contribution in [0.5, 0.6) is 0 Å². The third kappa shape index (κ3) is 4.25. The van der Waals surface area contributed by atoms with Gasteiger partial charge < -0.3 is 10.3 Å². The van der Waals surface area contributed by atoms with Crippen molar-refractivity contribution in [3.63, 3.8) is 0 Å². The summed E-state index contributed by atoms with van der Waals surface area (Å²) >= 11 is 7.86. The predicted octanol–water partition coefficient (Wildman–Crippen LogP) is 5.61. The zero-order valence-electron chi connectivity index (χ0n) is 17.7. The molecule has 1 unspecified atom stereocenters. The SMILES string of the molecule is Cc1nc(-c2ncccn2)sc1C(=O)NCC(c1ccccc1Cl)c1c[nH]c2ccccc12. The van der Waals surface area contributed by atoms with Crippen LogP contribution in [-0.4, -0.2) is 32.4 Å². The number of carbonyl (C=O) groups is 1. The summed E-state index contributed by atoms with van der Waals surface area (Å²) in [6, 6.07) is 17.6. The molecule has 5 aromatic rings. The molecule has 0 aliphatic rings. The first kappa shape index (κ1) is 21.3. The van der Waals surface area contributed by atoms with Crippen molar-refractivity contribution >= 4 is 39.7 Å². The molecule has 0 aliphatic heterocycles. The summed E-state index contributed by atoms with van der Waals surface area (Å²) in [5.41, 5.74) is 3.74. The summed E-state index contributed by atoms with van der Waals surface area (Å²) in [5, 5.41) is 5.50. The Morgan fingerprint density at radius 1 is 1.06 bits per heavy atom. The second-order valence-electron chi connectivity index (χ2n) is 7.58. The van der Waals surface area contributed by atoms with Gasteiger partial charge in [-0.25, -0.2) is 15.0 Å². The van der Waals surface area contributed by atoms with Gasteiger partial charge in [0.05, 0.1) is 5.69 Å². The second kappa shape index (κ2) is 9.13. The van der Waals surface area contributed by atoms with Crippen LogP contribution in [-0.2, 0) is 0 Å². The van der Waals surface area contributed by atoms with E-state index in [4.69, 9.17) is 11.6 Å². The third-order valence-electron chi connectivity index (χ3n) is 5.50. The van der Waals surface area contributed by atoms with Crippen LogP contribution in [0.4, 0.5) is 0 Å². The van der Waals surface area contributed by atoms with Crippen LogP contribution in [0.3, 0.4) is 0 Å². The van der Waals surface area contributed by atoms with Crippen molar-refractivity contribution < 1.29 is 4.79 Å². The number of amides is 1. The van der Waals surface area contributed by atoms with E-state index < -0.39 is 0 Å². The van der Waals surface area contributed by atoms with Crippen LogP contribution in [0.25, 0.3) is 21.7 Å². The molecule has 0 saturated carbocycles. The number of nitrogens with one attached hydrogen (secondary N) is 2. The van der Waals surface area contributed by atoms with Crippen molar-refractivity contribution in [2.75, 3.05) is 6.54 Å². The number of fused-ring (bicyclic) bond motifs is 1. The van der Waals surface area contributed by atoms with Crippen molar-refractivity contribution in [3.05, 3.63) is 99.9 Å². The number of H-pyrrole nitrogens is 1. The molecule has 5 rings (SSSR count). The van der Waals surface area contributed by atoms with Crippen LogP contribution in [0.15, 0.2) is 73.2 Å². The smallest absolute Gasteiger partial charge is 0.263 e. The lowest BCUT2D eigenvalue weighted by molar-refractivity contribution is 0.0955. The Morgan fingerprint density at radius 2 is 1.82 bits per heavy atom. The lowest BCUT2D eigenvalue weighted by atomic mass is 9.90. The van der Waals surface area contributed by atoms with Gasteiger partial charge in [-0.2, -0.15) is 0 Å². The Bertz CT molecular complexity index is 1430. The van der Waals surface area contributed by atoms with E-state index >= 15 is 0 Å². The summed E-state index contributed by atoms with van der Waals surface area (Å²) in [4.78, 5) is 30.0. The molecule has 164 valence electrons. The van der Waals surface area contributed by atoms with E-state index in [0.29, 0.717) is 33.0 Å². The van der Waals surface area contributed by atoms with Gasteiger partial charge in [-0.1, -0.05) is 48.0 Å². The number of aryl methyl sites for hydroxylation is 1. The van der Waals surface area contributed by atoms with Crippen molar-refractivity contribution in [2.45, 2.75) is 12.8 Å². The van der Waals surface area contributed by atoms with Crippen LogP contribution in [0.1, 0.15) is 32.4 Å². The molecule has 0 fully saturated rings.